The van der Waals surface area contributed by atoms with Crippen molar-refractivity contribution in [3.63, 3.8) is 0 Å². The molecule has 1 rings (SSSR count). The van der Waals surface area contributed by atoms with Gasteiger partial charge < -0.3 is 5.32 Å². The van der Waals surface area contributed by atoms with E-state index in [2.05, 4.69) is 17.9 Å². The topological polar surface area (TPSA) is 29.1 Å². The van der Waals surface area contributed by atoms with Crippen LogP contribution >= 0.6 is 24.4 Å². The van der Waals surface area contributed by atoms with E-state index in [9.17, 15) is 4.79 Å². The summed E-state index contributed by atoms with van der Waals surface area (Å²) in [5.41, 5.74) is 0. The molecule has 46 valence electrons. The number of thioether (sulfide) groups is 1. The minimum atomic E-state index is 0.0243. The van der Waals surface area contributed by atoms with Gasteiger partial charge in [0.25, 0.3) is 0 Å². The Bertz CT molecular complexity index is 106. The summed E-state index contributed by atoms with van der Waals surface area (Å²) in [6.07, 6.45) is 0.641. The first-order valence-electron chi connectivity index (χ1n) is 2.38. The van der Waals surface area contributed by atoms with Gasteiger partial charge in [-0.2, -0.15) is 0 Å². The van der Waals surface area contributed by atoms with Crippen LogP contribution in [0.15, 0.2) is 0 Å². The van der Waals surface area contributed by atoms with E-state index in [1.165, 1.54) is 0 Å². The molecule has 0 radical (unpaired) electrons. The zero-order chi connectivity index (χ0) is 5.98. The van der Waals surface area contributed by atoms with E-state index in [0.717, 1.165) is 5.75 Å². The number of amides is 1. The Labute approximate surface area is 57.8 Å². The molecule has 4 heteroatoms. The Hall–Kier alpha value is 0.170. The van der Waals surface area contributed by atoms with Crippen molar-refractivity contribution >= 4 is 30.3 Å². The number of nitrogens with one attached hydrogen (secondary N) is 1. The third kappa shape index (κ3) is 1.59. The highest BCUT2D eigenvalue weighted by Gasteiger charge is 2.13. The quantitative estimate of drug-likeness (QED) is 0.490. The summed E-state index contributed by atoms with van der Waals surface area (Å²) in [7, 11) is 0. The molecule has 1 fully saturated rings. The zero-order valence-electron chi connectivity index (χ0n) is 4.26. The third-order valence-corrected chi connectivity index (χ3v) is 2.34. The van der Waals surface area contributed by atoms with Crippen LogP contribution in [0.5, 0.6) is 0 Å². The number of carbonyl (C=O) groups excluding carboxylic acids is 1. The molecule has 1 amide bonds. The van der Waals surface area contributed by atoms with E-state index in [1.54, 1.807) is 11.8 Å². The van der Waals surface area contributed by atoms with E-state index in [0.29, 0.717) is 6.42 Å². The van der Waals surface area contributed by atoms with Crippen LogP contribution in [-0.4, -0.2) is 16.4 Å². The molecule has 0 spiro atoms. The smallest absolute Gasteiger partial charge is 0.222 e. The molecule has 1 N–H and O–H groups in total. The molecule has 8 heavy (non-hydrogen) atoms. The van der Waals surface area contributed by atoms with Crippen LogP contribution in [0.25, 0.3) is 0 Å². The van der Waals surface area contributed by atoms with Gasteiger partial charge in [0.05, 0.1) is 0 Å². The lowest BCUT2D eigenvalue weighted by Crippen LogP contribution is -2.33. The molecule has 1 unspecified atom stereocenters. The normalized spacial score (nSPS) is 29.6. The summed E-state index contributed by atoms with van der Waals surface area (Å²) in [6.45, 7) is 0. The first-order chi connectivity index (χ1) is 3.79. The summed E-state index contributed by atoms with van der Waals surface area (Å²) < 4.78 is 0.0243. The van der Waals surface area contributed by atoms with Crippen LogP contribution in [0.3, 0.4) is 0 Å². The van der Waals surface area contributed by atoms with E-state index in [1.807, 2.05) is 0 Å². The first-order valence-corrected chi connectivity index (χ1v) is 3.94. The lowest BCUT2D eigenvalue weighted by Gasteiger charge is -2.16. The van der Waals surface area contributed by atoms with Crippen LogP contribution in [0.4, 0.5) is 0 Å². The lowest BCUT2D eigenvalue weighted by molar-refractivity contribution is -0.120. The number of hydrogen-bond donors (Lipinski definition) is 2. The lowest BCUT2D eigenvalue weighted by atomic mass is 10.4. The summed E-state index contributed by atoms with van der Waals surface area (Å²) in [5, 5.41) is 2.67. The van der Waals surface area contributed by atoms with Gasteiger partial charge in [-0.25, -0.2) is 0 Å². The van der Waals surface area contributed by atoms with E-state index in [4.69, 9.17) is 0 Å². The van der Waals surface area contributed by atoms with Crippen LogP contribution in [0, 0.1) is 0 Å². The van der Waals surface area contributed by atoms with Gasteiger partial charge in [0.15, 0.2) is 0 Å². The van der Waals surface area contributed by atoms with Gasteiger partial charge in [0.2, 0.25) is 5.91 Å². The van der Waals surface area contributed by atoms with E-state index < -0.39 is 0 Å². The second kappa shape index (κ2) is 2.64. The largest absolute Gasteiger partial charge is 0.336 e. The molecule has 0 aromatic carbocycles. The Kier molecular flexibility index (Phi) is 2.08. The van der Waals surface area contributed by atoms with Crippen molar-refractivity contribution in [3.05, 3.63) is 0 Å². The molecule has 0 bridgehead atoms. The second-order valence-electron chi connectivity index (χ2n) is 1.54. The molecule has 1 atom stereocenters. The summed E-state index contributed by atoms with van der Waals surface area (Å²) in [6, 6.07) is 0. The predicted octanol–water partition coefficient (Wildman–Crippen LogP) is 0.453. The van der Waals surface area contributed by atoms with Crippen molar-refractivity contribution < 1.29 is 4.79 Å². The maximum absolute atomic E-state index is 10.5. The number of rotatable bonds is 0. The van der Waals surface area contributed by atoms with Crippen molar-refractivity contribution in [1.82, 2.24) is 5.32 Å². The maximum atomic E-state index is 10.5. The van der Waals surface area contributed by atoms with Gasteiger partial charge in [-0.1, -0.05) is 0 Å². The van der Waals surface area contributed by atoms with Crippen LogP contribution in [0.2, 0.25) is 0 Å². The van der Waals surface area contributed by atoms with Gasteiger partial charge >= 0.3 is 0 Å². The zero-order valence-corrected chi connectivity index (χ0v) is 5.97. The minimum Gasteiger partial charge on any atom is -0.336 e. The van der Waals surface area contributed by atoms with Gasteiger partial charge in [0, 0.05) is 12.2 Å². The second-order valence-corrected chi connectivity index (χ2v) is 3.62. The average Bonchev–Trinajstić information content (AvgIpc) is 1.64. The fourth-order valence-electron chi connectivity index (χ4n) is 0.515. The molecule has 0 aromatic heterocycles. The fraction of sp³-hybridized carbons (Fsp3) is 0.750. The minimum absolute atomic E-state index is 0.0243. The first kappa shape index (κ1) is 6.29. The predicted molar refractivity (Wildman–Crippen MR) is 38.0 cm³/mol. The number of carbonyl (C=O) groups is 1. The standard InChI is InChI=1S/C4H7NOS2/c6-3-1-2-8-4(7)5-3/h4,7H,1-2H2,(H,5,6). The Balaban J connectivity index is 2.34. The van der Waals surface area contributed by atoms with E-state index in [-0.39, 0.29) is 10.6 Å². The average molecular weight is 149 g/mol. The molecule has 0 aliphatic carbocycles. The number of hydrogen-bond acceptors (Lipinski definition) is 3. The number of thiol groups is 1. The Morgan fingerprint density at radius 1 is 1.88 bits per heavy atom. The van der Waals surface area contributed by atoms with Crippen molar-refractivity contribution in [1.29, 1.82) is 0 Å². The molecular formula is C4H7NOS2. The highest BCUT2D eigenvalue weighted by molar-refractivity contribution is 8.10. The van der Waals surface area contributed by atoms with Crippen LogP contribution in [0.1, 0.15) is 6.42 Å². The highest BCUT2D eigenvalue weighted by atomic mass is 32.2. The summed E-state index contributed by atoms with van der Waals surface area (Å²) >= 11 is 5.71. The molecule has 2 nitrogen and oxygen atoms in total. The molecule has 1 aliphatic rings. The van der Waals surface area contributed by atoms with Gasteiger partial charge in [-0.05, 0) is 0 Å². The SMILES string of the molecule is O=C1CCSC(S)N1. The molecule has 1 heterocycles. The Morgan fingerprint density at radius 2 is 2.62 bits per heavy atom. The molecule has 1 aliphatic heterocycles. The third-order valence-electron chi connectivity index (χ3n) is 0.889. The van der Waals surface area contributed by atoms with Gasteiger partial charge in [-0.3, -0.25) is 4.79 Å². The molecule has 0 saturated carbocycles. The van der Waals surface area contributed by atoms with Crippen molar-refractivity contribution in [2.45, 2.75) is 11.1 Å². The molecular weight excluding hydrogens is 142 g/mol. The fourth-order valence-corrected chi connectivity index (χ4v) is 1.72. The molecule has 0 aromatic rings. The van der Waals surface area contributed by atoms with Crippen molar-refractivity contribution in [3.8, 4) is 0 Å². The maximum Gasteiger partial charge on any atom is 0.222 e. The molecule has 1 saturated heterocycles. The van der Waals surface area contributed by atoms with Crippen LogP contribution in [-0.2, 0) is 4.79 Å². The van der Waals surface area contributed by atoms with Gasteiger partial charge in [-0.15, -0.1) is 24.4 Å². The van der Waals surface area contributed by atoms with Crippen molar-refractivity contribution in [2.24, 2.45) is 0 Å². The highest BCUT2D eigenvalue weighted by Crippen LogP contribution is 2.16. The Morgan fingerprint density at radius 3 is 3.00 bits per heavy atom. The monoisotopic (exact) mass is 149 g/mol. The summed E-state index contributed by atoms with van der Waals surface area (Å²) in [4.78, 5) is 10.5. The van der Waals surface area contributed by atoms with E-state index >= 15 is 0 Å². The van der Waals surface area contributed by atoms with Crippen LogP contribution < -0.4 is 5.32 Å². The van der Waals surface area contributed by atoms with Gasteiger partial charge in [0.1, 0.15) is 4.71 Å². The van der Waals surface area contributed by atoms with Crippen molar-refractivity contribution in [2.75, 3.05) is 5.75 Å². The summed E-state index contributed by atoms with van der Waals surface area (Å²) in [5.74, 6) is 1.02.